The Morgan fingerprint density at radius 2 is 2.30 bits per heavy atom. The number of ether oxygens (including phenoxy) is 1. The number of nitrogens with zero attached hydrogens (tertiary/aromatic N) is 2. The molecule has 2 aromatic rings. The summed E-state index contributed by atoms with van der Waals surface area (Å²) in [6, 6.07) is 5.45. The van der Waals surface area contributed by atoms with E-state index >= 15 is 0 Å². The van der Waals surface area contributed by atoms with Crippen LogP contribution in [0.2, 0.25) is 5.02 Å². The Morgan fingerprint density at radius 1 is 1.50 bits per heavy atom. The highest BCUT2D eigenvalue weighted by molar-refractivity contribution is 6.30. The van der Waals surface area contributed by atoms with Crippen LogP contribution in [0.1, 0.15) is 24.4 Å². The number of aromatic nitrogens is 2. The highest BCUT2D eigenvalue weighted by Gasteiger charge is 2.18. The first-order valence-electron chi connectivity index (χ1n) is 6.49. The SMILES string of the molecule is CCn1ccnc1CC(NN)c1ccc(Cl)cc1OC. The van der Waals surface area contributed by atoms with Crippen molar-refractivity contribution >= 4 is 11.6 Å². The Morgan fingerprint density at radius 3 is 2.95 bits per heavy atom. The summed E-state index contributed by atoms with van der Waals surface area (Å²) < 4.78 is 7.47. The van der Waals surface area contributed by atoms with Crippen LogP contribution in [0.5, 0.6) is 5.75 Å². The summed E-state index contributed by atoms with van der Waals surface area (Å²) in [5.74, 6) is 7.40. The molecule has 1 aromatic heterocycles. The predicted molar refractivity (Wildman–Crippen MR) is 79.7 cm³/mol. The average molecular weight is 295 g/mol. The number of hydrogen-bond acceptors (Lipinski definition) is 4. The van der Waals surface area contributed by atoms with Crippen molar-refractivity contribution in [3.63, 3.8) is 0 Å². The molecule has 20 heavy (non-hydrogen) atoms. The first-order valence-corrected chi connectivity index (χ1v) is 6.87. The quantitative estimate of drug-likeness (QED) is 0.634. The first kappa shape index (κ1) is 14.8. The molecule has 0 fully saturated rings. The number of aryl methyl sites for hydroxylation is 1. The van der Waals surface area contributed by atoms with Gasteiger partial charge in [-0.3, -0.25) is 11.3 Å². The van der Waals surface area contributed by atoms with Crippen molar-refractivity contribution < 1.29 is 4.74 Å². The molecule has 5 nitrogen and oxygen atoms in total. The molecular weight excluding hydrogens is 276 g/mol. The van der Waals surface area contributed by atoms with E-state index in [2.05, 4.69) is 21.9 Å². The highest BCUT2D eigenvalue weighted by Crippen LogP contribution is 2.29. The lowest BCUT2D eigenvalue weighted by atomic mass is 10.0. The molecule has 1 aromatic carbocycles. The van der Waals surface area contributed by atoms with Gasteiger partial charge in [0.25, 0.3) is 0 Å². The summed E-state index contributed by atoms with van der Waals surface area (Å²) >= 11 is 5.99. The molecule has 0 saturated carbocycles. The van der Waals surface area contributed by atoms with Crippen molar-refractivity contribution in [3.8, 4) is 5.75 Å². The van der Waals surface area contributed by atoms with Crippen molar-refractivity contribution in [2.75, 3.05) is 7.11 Å². The maximum absolute atomic E-state index is 5.99. The van der Waals surface area contributed by atoms with Gasteiger partial charge in [0, 0.05) is 35.9 Å². The minimum absolute atomic E-state index is 0.0880. The van der Waals surface area contributed by atoms with Crippen LogP contribution in [0.25, 0.3) is 0 Å². The Kier molecular flexibility index (Phi) is 5.00. The third-order valence-corrected chi connectivity index (χ3v) is 3.54. The van der Waals surface area contributed by atoms with Crippen LogP contribution in [0.15, 0.2) is 30.6 Å². The number of imidazole rings is 1. The molecule has 2 rings (SSSR count). The van der Waals surface area contributed by atoms with Crippen LogP contribution in [0.4, 0.5) is 0 Å². The largest absolute Gasteiger partial charge is 0.496 e. The van der Waals surface area contributed by atoms with Crippen molar-refractivity contribution in [1.82, 2.24) is 15.0 Å². The number of hydrazine groups is 1. The smallest absolute Gasteiger partial charge is 0.125 e. The zero-order valence-electron chi connectivity index (χ0n) is 11.6. The van der Waals surface area contributed by atoms with E-state index < -0.39 is 0 Å². The normalized spacial score (nSPS) is 12.4. The molecule has 0 aliphatic heterocycles. The standard InChI is InChI=1S/C14H19ClN4O/c1-3-19-7-6-17-14(19)9-12(18-16)11-5-4-10(15)8-13(11)20-2/h4-8,12,18H,3,9,16H2,1-2H3. The molecule has 0 aliphatic rings. The number of rotatable bonds is 6. The molecule has 0 bridgehead atoms. The third-order valence-electron chi connectivity index (χ3n) is 3.30. The predicted octanol–water partition coefficient (Wildman–Crippen LogP) is 2.31. The topological polar surface area (TPSA) is 65.1 Å². The van der Waals surface area contributed by atoms with Crippen LogP contribution in [-0.2, 0) is 13.0 Å². The summed E-state index contributed by atoms with van der Waals surface area (Å²) in [4.78, 5) is 4.37. The third kappa shape index (κ3) is 3.12. The summed E-state index contributed by atoms with van der Waals surface area (Å²) in [7, 11) is 1.62. The van der Waals surface area contributed by atoms with Gasteiger partial charge < -0.3 is 9.30 Å². The molecule has 1 unspecified atom stereocenters. The molecular formula is C14H19ClN4O. The van der Waals surface area contributed by atoms with Crippen molar-refractivity contribution in [1.29, 1.82) is 0 Å². The van der Waals surface area contributed by atoms with Gasteiger partial charge in [-0.25, -0.2) is 4.98 Å². The molecule has 0 radical (unpaired) electrons. The van der Waals surface area contributed by atoms with Crippen LogP contribution in [0, 0.1) is 0 Å². The van der Waals surface area contributed by atoms with Gasteiger partial charge in [-0.2, -0.15) is 0 Å². The molecule has 0 amide bonds. The van der Waals surface area contributed by atoms with Gasteiger partial charge in [0.1, 0.15) is 11.6 Å². The molecule has 3 N–H and O–H groups in total. The molecule has 108 valence electrons. The number of benzene rings is 1. The van der Waals surface area contributed by atoms with E-state index in [4.69, 9.17) is 22.2 Å². The number of halogens is 1. The van der Waals surface area contributed by atoms with Crippen molar-refractivity contribution in [3.05, 3.63) is 47.0 Å². The van der Waals surface area contributed by atoms with Gasteiger partial charge in [0.2, 0.25) is 0 Å². The summed E-state index contributed by atoms with van der Waals surface area (Å²) in [6.45, 7) is 2.96. The molecule has 1 atom stereocenters. The van der Waals surface area contributed by atoms with E-state index in [1.54, 1.807) is 19.4 Å². The van der Waals surface area contributed by atoms with Gasteiger partial charge in [-0.15, -0.1) is 0 Å². The summed E-state index contributed by atoms with van der Waals surface area (Å²) in [5, 5.41) is 0.636. The maximum atomic E-state index is 5.99. The lowest BCUT2D eigenvalue weighted by Gasteiger charge is -2.19. The second-order valence-corrected chi connectivity index (χ2v) is 4.88. The first-order chi connectivity index (χ1) is 9.69. The highest BCUT2D eigenvalue weighted by atomic mass is 35.5. The van der Waals surface area contributed by atoms with Crippen molar-refractivity contribution in [2.45, 2.75) is 25.9 Å². The Bertz CT molecular complexity index is 570. The Balaban J connectivity index is 2.28. The molecule has 0 spiro atoms. The van der Waals surface area contributed by atoms with Crippen molar-refractivity contribution in [2.24, 2.45) is 5.84 Å². The van der Waals surface area contributed by atoms with Crippen LogP contribution in [0.3, 0.4) is 0 Å². The van der Waals surface area contributed by atoms with E-state index in [1.165, 1.54) is 0 Å². The lowest BCUT2D eigenvalue weighted by molar-refractivity contribution is 0.397. The fourth-order valence-electron chi connectivity index (χ4n) is 2.23. The van der Waals surface area contributed by atoms with Crippen LogP contribution in [-0.4, -0.2) is 16.7 Å². The number of nitrogens with one attached hydrogen (secondary N) is 1. The fourth-order valence-corrected chi connectivity index (χ4v) is 2.39. The lowest BCUT2D eigenvalue weighted by Crippen LogP contribution is -2.30. The van der Waals surface area contributed by atoms with E-state index in [-0.39, 0.29) is 6.04 Å². The maximum Gasteiger partial charge on any atom is 0.125 e. The van der Waals surface area contributed by atoms with Gasteiger partial charge in [0.15, 0.2) is 0 Å². The van der Waals surface area contributed by atoms with E-state index in [0.717, 1.165) is 23.7 Å². The zero-order valence-corrected chi connectivity index (χ0v) is 12.4. The van der Waals surface area contributed by atoms with E-state index in [9.17, 15) is 0 Å². The van der Waals surface area contributed by atoms with E-state index in [1.807, 2.05) is 18.3 Å². The number of hydrogen-bond donors (Lipinski definition) is 2. The Hall–Kier alpha value is -1.56. The van der Waals surface area contributed by atoms with E-state index in [0.29, 0.717) is 11.4 Å². The summed E-state index contributed by atoms with van der Waals surface area (Å²) in [6.07, 6.45) is 4.43. The number of methoxy groups -OCH3 is 1. The average Bonchev–Trinajstić information content (AvgIpc) is 2.92. The zero-order chi connectivity index (χ0) is 14.5. The Labute approximate surface area is 123 Å². The van der Waals surface area contributed by atoms with Crippen LogP contribution < -0.4 is 16.0 Å². The summed E-state index contributed by atoms with van der Waals surface area (Å²) in [5.41, 5.74) is 3.79. The number of nitrogens with two attached hydrogens (primary N) is 1. The minimum atomic E-state index is -0.0880. The minimum Gasteiger partial charge on any atom is -0.496 e. The van der Waals surface area contributed by atoms with Gasteiger partial charge in [0.05, 0.1) is 13.2 Å². The molecule has 0 aliphatic carbocycles. The molecule has 1 heterocycles. The molecule has 6 heteroatoms. The second-order valence-electron chi connectivity index (χ2n) is 4.44. The monoisotopic (exact) mass is 294 g/mol. The van der Waals surface area contributed by atoms with Gasteiger partial charge in [-0.1, -0.05) is 17.7 Å². The van der Waals surface area contributed by atoms with Crippen LogP contribution >= 0.6 is 11.6 Å². The second kappa shape index (κ2) is 6.74. The molecule has 0 saturated heterocycles. The van der Waals surface area contributed by atoms with Gasteiger partial charge >= 0.3 is 0 Å². The van der Waals surface area contributed by atoms with Gasteiger partial charge in [-0.05, 0) is 19.1 Å². The fraction of sp³-hybridized carbons (Fsp3) is 0.357.